The summed E-state index contributed by atoms with van der Waals surface area (Å²) in [5.74, 6) is -2.65. The van der Waals surface area contributed by atoms with Crippen molar-refractivity contribution in [2.24, 2.45) is 5.92 Å². The molecule has 3 heterocycles. The molecular weight excluding hydrogens is 680 g/mol. The molecule has 2 aromatic rings. The van der Waals surface area contributed by atoms with E-state index in [1.807, 2.05) is 0 Å². The van der Waals surface area contributed by atoms with Gasteiger partial charge >= 0.3 is 12.3 Å². The fourth-order valence-corrected chi connectivity index (χ4v) is 9.22. The number of halogens is 5. The van der Waals surface area contributed by atoms with E-state index in [2.05, 4.69) is 16.0 Å². The molecule has 2 bridgehead atoms. The number of rotatable bonds is 10. The third kappa shape index (κ3) is 9.31. The van der Waals surface area contributed by atoms with Crippen LogP contribution in [0.15, 0.2) is 42.5 Å². The van der Waals surface area contributed by atoms with Crippen LogP contribution in [0, 0.1) is 11.7 Å². The Labute approximate surface area is 283 Å². The molecule has 0 radical (unpaired) electrons. The number of carbonyl (C=O) groups excluding carboxylic acids is 1. The molecular formula is C32H41ClF4N4O6S. The molecule has 2 aromatic carbocycles. The monoisotopic (exact) mass is 720 g/mol. The van der Waals surface area contributed by atoms with Crippen LogP contribution < -0.4 is 16.0 Å². The summed E-state index contributed by atoms with van der Waals surface area (Å²) >= 11 is 6.10. The summed E-state index contributed by atoms with van der Waals surface area (Å²) in [5, 5.41) is 18.6. The van der Waals surface area contributed by atoms with Gasteiger partial charge in [0.1, 0.15) is 11.9 Å². The van der Waals surface area contributed by atoms with E-state index in [9.17, 15) is 37.0 Å². The van der Waals surface area contributed by atoms with Crippen LogP contribution in [0.4, 0.5) is 28.0 Å². The van der Waals surface area contributed by atoms with Gasteiger partial charge in [0, 0.05) is 54.0 Å². The van der Waals surface area contributed by atoms with Crippen molar-refractivity contribution in [3.05, 3.63) is 64.4 Å². The molecule has 6 N–H and O–H groups in total. The van der Waals surface area contributed by atoms with Crippen LogP contribution in [0.2, 0.25) is 5.02 Å². The molecule has 266 valence electrons. The molecule has 5 rings (SSSR count). The first-order valence-electron chi connectivity index (χ1n) is 16.0. The maximum atomic E-state index is 15.4. The number of nitrogens with one attached hydrogen (secondary N) is 3. The van der Waals surface area contributed by atoms with Gasteiger partial charge in [0.2, 0.25) is 5.91 Å². The van der Waals surface area contributed by atoms with E-state index in [1.54, 1.807) is 28.6 Å². The molecule has 48 heavy (non-hydrogen) atoms. The average molecular weight is 721 g/mol. The van der Waals surface area contributed by atoms with Crippen molar-refractivity contribution in [2.75, 3.05) is 30.8 Å². The van der Waals surface area contributed by atoms with Crippen LogP contribution in [0.25, 0.3) is 0 Å². The Hall–Kier alpha value is -2.66. The Balaban J connectivity index is 1.40. The minimum absolute atomic E-state index is 0.0105. The third-order valence-electron chi connectivity index (χ3n) is 9.45. The van der Waals surface area contributed by atoms with Crippen molar-refractivity contribution in [2.45, 2.75) is 81.3 Å². The maximum absolute atomic E-state index is 15.4. The molecule has 3 aliphatic heterocycles. The highest BCUT2D eigenvalue weighted by Crippen LogP contribution is 2.49. The maximum Gasteiger partial charge on any atom is 0.405 e. The Bertz CT molecular complexity index is 1440. The predicted molar refractivity (Wildman–Crippen MR) is 175 cm³/mol. The molecule has 3 saturated heterocycles. The first-order chi connectivity index (χ1) is 22.7. The van der Waals surface area contributed by atoms with Crippen molar-refractivity contribution >= 4 is 40.1 Å². The SMILES string of the molecule is O=C(O)N[C@H](C(=O)Nc1cccc(F)c1CC[C@H]1CN[C@@H]2CCCS(O)(O)N1C2)[C@@H](c1ccc(Cl)cc1)[C@H]1CCO[C@@H](CC(F)(F)F)C1. The number of carbonyl (C=O) groups is 2. The van der Waals surface area contributed by atoms with Crippen LogP contribution in [0.1, 0.15) is 55.6 Å². The molecule has 16 heteroatoms. The normalized spacial score (nSPS) is 27.6. The van der Waals surface area contributed by atoms with E-state index in [1.165, 1.54) is 18.2 Å². The van der Waals surface area contributed by atoms with Gasteiger partial charge in [-0.15, -0.1) is 10.8 Å². The standard InChI is InChI=1S/C32H41ClF4N4O6S/c33-21-8-6-19(7-9-21)28(20-12-13-47-24(15-20)16-32(35,36)37)29(40-31(43)44)30(42)39-27-5-1-4-26(34)25(27)11-10-23-17-38-22-3-2-14-48(45,46)41(23)18-22/h1,4-9,20,22-24,28-29,38,40,45-46H,2-3,10-18H2,(H,39,42)(H,43,44)/t20-,22+,23-,24+,28-,29-/m0/s1. The third-order valence-corrected chi connectivity index (χ3v) is 11.7. The number of carboxylic acid groups (broad SMARTS) is 1. The summed E-state index contributed by atoms with van der Waals surface area (Å²) in [7, 11) is -2.98. The summed E-state index contributed by atoms with van der Waals surface area (Å²) in [6.45, 7) is 0.923. The number of ether oxygens (including phenoxy) is 1. The summed E-state index contributed by atoms with van der Waals surface area (Å²) in [4.78, 5) is 26.1. The second-order valence-electron chi connectivity index (χ2n) is 12.7. The number of alkyl halides is 3. The van der Waals surface area contributed by atoms with Gasteiger partial charge in [-0.25, -0.2) is 13.5 Å². The molecule has 2 amide bonds. The van der Waals surface area contributed by atoms with Crippen LogP contribution in [-0.2, 0) is 16.0 Å². The zero-order valence-electron chi connectivity index (χ0n) is 26.1. The smallest absolute Gasteiger partial charge is 0.405 e. The number of benzene rings is 2. The van der Waals surface area contributed by atoms with E-state index in [-0.39, 0.29) is 55.0 Å². The zero-order valence-corrected chi connectivity index (χ0v) is 27.7. The summed E-state index contributed by atoms with van der Waals surface area (Å²) in [6.07, 6.45) is -6.20. The van der Waals surface area contributed by atoms with Gasteiger partial charge in [-0.05, 0) is 74.3 Å². The minimum atomic E-state index is -4.48. The first-order valence-corrected chi connectivity index (χ1v) is 18.0. The Morgan fingerprint density at radius 1 is 1.15 bits per heavy atom. The molecule has 0 aromatic heterocycles. The van der Waals surface area contributed by atoms with Gasteiger partial charge in [0.25, 0.3) is 0 Å². The highest BCUT2D eigenvalue weighted by molar-refractivity contribution is 8.22. The molecule has 3 fully saturated rings. The van der Waals surface area contributed by atoms with E-state index in [4.69, 9.17) is 16.3 Å². The molecule has 0 saturated carbocycles. The van der Waals surface area contributed by atoms with E-state index in [0.29, 0.717) is 36.5 Å². The number of amides is 2. The lowest BCUT2D eigenvalue weighted by molar-refractivity contribution is -0.169. The van der Waals surface area contributed by atoms with Gasteiger partial charge in [0.05, 0.1) is 18.3 Å². The van der Waals surface area contributed by atoms with Crippen LogP contribution >= 0.6 is 22.4 Å². The van der Waals surface area contributed by atoms with E-state index >= 15 is 4.39 Å². The fourth-order valence-electron chi connectivity index (χ4n) is 7.23. The van der Waals surface area contributed by atoms with Gasteiger partial charge in [-0.1, -0.05) is 29.8 Å². The number of piperazine rings is 1. The number of hydrogen-bond donors (Lipinski definition) is 6. The number of anilines is 1. The lowest BCUT2D eigenvalue weighted by atomic mass is 9.74. The summed E-state index contributed by atoms with van der Waals surface area (Å²) < 4.78 is 84.0. The molecule has 3 aliphatic rings. The largest absolute Gasteiger partial charge is 0.465 e. The van der Waals surface area contributed by atoms with E-state index < -0.39 is 65.2 Å². The minimum Gasteiger partial charge on any atom is -0.465 e. The van der Waals surface area contributed by atoms with Crippen LogP contribution in [-0.4, -0.2) is 86.4 Å². The zero-order chi connectivity index (χ0) is 34.6. The van der Waals surface area contributed by atoms with Crippen LogP contribution in [0.3, 0.4) is 0 Å². The number of fused-ring (bicyclic) bond motifs is 2. The van der Waals surface area contributed by atoms with Crippen molar-refractivity contribution in [3.8, 4) is 0 Å². The summed E-state index contributed by atoms with van der Waals surface area (Å²) in [5.41, 5.74) is 0.760. The first kappa shape index (κ1) is 36.6. The van der Waals surface area contributed by atoms with Gasteiger partial charge in [-0.3, -0.25) is 13.9 Å². The second kappa shape index (κ2) is 15.5. The topological polar surface area (TPSA) is 143 Å². The van der Waals surface area contributed by atoms with Crippen molar-refractivity contribution in [3.63, 3.8) is 0 Å². The van der Waals surface area contributed by atoms with Crippen molar-refractivity contribution in [1.29, 1.82) is 0 Å². The number of hydrogen-bond acceptors (Lipinski definition) is 7. The molecule has 10 nitrogen and oxygen atoms in total. The Kier molecular flexibility index (Phi) is 11.8. The van der Waals surface area contributed by atoms with Crippen molar-refractivity contribution < 1.29 is 46.1 Å². The van der Waals surface area contributed by atoms with E-state index in [0.717, 1.165) is 6.42 Å². The second-order valence-corrected chi connectivity index (χ2v) is 15.3. The lowest BCUT2D eigenvalue weighted by Crippen LogP contribution is -2.55. The lowest BCUT2D eigenvalue weighted by Gasteiger charge is -2.49. The van der Waals surface area contributed by atoms with Gasteiger partial charge < -0.3 is 25.8 Å². The summed E-state index contributed by atoms with van der Waals surface area (Å²) in [6, 6.07) is 8.81. The van der Waals surface area contributed by atoms with Gasteiger partial charge in [0.15, 0.2) is 0 Å². The molecule has 7 atom stereocenters. The Morgan fingerprint density at radius 2 is 1.90 bits per heavy atom. The fraction of sp³-hybridized carbons (Fsp3) is 0.562. The Morgan fingerprint density at radius 3 is 2.60 bits per heavy atom. The molecule has 0 spiro atoms. The quantitative estimate of drug-likeness (QED) is 0.150. The predicted octanol–water partition coefficient (Wildman–Crippen LogP) is 6.62. The van der Waals surface area contributed by atoms with Crippen molar-refractivity contribution in [1.82, 2.24) is 14.9 Å². The average Bonchev–Trinajstić information content (AvgIpc) is 3.12. The highest BCUT2D eigenvalue weighted by Gasteiger charge is 2.43. The molecule has 1 unspecified atom stereocenters. The van der Waals surface area contributed by atoms with Gasteiger partial charge in [-0.2, -0.15) is 13.2 Å². The van der Waals surface area contributed by atoms with Crippen LogP contribution in [0.5, 0.6) is 0 Å². The number of nitrogens with zero attached hydrogens (tertiary/aromatic N) is 1. The highest BCUT2D eigenvalue weighted by atomic mass is 35.5. The molecule has 0 aliphatic carbocycles.